The molecule has 92 valence electrons. The van der Waals surface area contributed by atoms with Crippen LogP contribution in [0.15, 0.2) is 18.5 Å². The number of aliphatic carboxylic acids is 1. The molecule has 0 spiro atoms. The molecule has 4 nitrogen and oxygen atoms in total. The van der Waals surface area contributed by atoms with Gasteiger partial charge in [-0.2, -0.15) is 0 Å². The average molecular weight is 234 g/mol. The Morgan fingerprint density at radius 1 is 1.41 bits per heavy atom. The predicted octanol–water partition coefficient (Wildman–Crippen LogP) is 2.09. The Hall–Kier alpha value is -1.58. The van der Waals surface area contributed by atoms with Crippen LogP contribution < -0.4 is 4.90 Å². The lowest BCUT2D eigenvalue weighted by Crippen LogP contribution is -2.19. The first-order valence-corrected chi connectivity index (χ1v) is 6.17. The summed E-state index contributed by atoms with van der Waals surface area (Å²) >= 11 is 0. The Balaban J connectivity index is 2.02. The first-order valence-electron chi connectivity index (χ1n) is 6.17. The van der Waals surface area contributed by atoms with Crippen LogP contribution in [0.25, 0.3) is 0 Å². The van der Waals surface area contributed by atoms with Gasteiger partial charge in [0.15, 0.2) is 0 Å². The maximum absolute atomic E-state index is 10.5. The third-order valence-electron chi connectivity index (χ3n) is 3.16. The second kappa shape index (κ2) is 5.66. The fourth-order valence-electron chi connectivity index (χ4n) is 2.31. The lowest BCUT2D eigenvalue weighted by Gasteiger charge is -2.20. The van der Waals surface area contributed by atoms with Gasteiger partial charge >= 0.3 is 5.97 Å². The number of pyridine rings is 1. The smallest absolute Gasteiger partial charge is 0.303 e. The lowest BCUT2D eigenvalue weighted by molar-refractivity contribution is -0.137. The van der Waals surface area contributed by atoms with E-state index >= 15 is 0 Å². The molecule has 0 unspecified atom stereocenters. The minimum atomic E-state index is -0.725. The van der Waals surface area contributed by atoms with Crippen LogP contribution in [0.2, 0.25) is 0 Å². The van der Waals surface area contributed by atoms with Crippen molar-refractivity contribution in [1.82, 2.24) is 4.98 Å². The normalized spacial score (nSPS) is 15.2. The van der Waals surface area contributed by atoms with Crippen molar-refractivity contribution in [1.29, 1.82) is 0 Å². The van der Waals surface area contributed by atoms with Crippen molar-refractivity contribution in [3.05, 3.63) is 24.0 Å². The van der Waals surface area contributed by atoms with Crippen LogP contribution in [-0.4, -0.2) is 29.1 Å². The second-order valence-electron chi connectivity index (χ2n) is 4.45. The van der Waals surface area contributed by atoms with E-state index in [9.17, 15) is 4.79 Å². The van der Waals surface area contributed by atoms with Gasteiger partial charge in [-0.3, -0.25) is 9.78 Å². The van der Waals surface area contributed by atoms with Crippen LogP contribution in [-0.2, 0) is 11.2 Å². The largest absolute Gasteiger partial charge is 0.481 e. The highest BCUT2D eigenvalue weighted by atomic mass is 16.4. The first-order chi connectivity index (χ1) is 8.27. The van der Waals surface area contributed by atoms with E-state index in [0.29, 0.717) is 6.42 Å². The molecular weight excluding hydrogens is 216 g/mol. The lowest BCUT2D eigenvalue weighted by atomic mass is 10.1. The molecule has 1 aliphatic rings. The molecule has 2 heterocycles. The Bertz CT molecular complexity index is 387. The van der Waals surface area contributed by atoms with Crippen LogP contribution in [0.5, 0.6) is 0 Å². The van der Waals surface area contributed by atoms with Gasteiger partial charge in [0.2, 0.25) is 0 Å². The summed E-state index contributed by atoms with van der Waals surface area (Å²) in [5, 5.41) is 8.65. The van der Waals surface area contributed by atoms with E-state index in [1.807, 2.05) is 18.5 Å². The Morgan fingerprint density at radius 2 is 2.18 bits per heavy atom. The molecule has 0 radical (unpaired) electrons. The van der Waals surface area contributed by atoms with Gasteiger partial charge in [0, 0.05) is 37.6 Å². The van der Waals surface area contributed by atoms with Gasteiger partial charge in [0.1, 0.15) is 0 Å². The number of nitrogens with zero attached hydrogens (tertiary/aromatic N) is 2. The maximum atomic E-state index is 10.5. The molecule has 17 heavy (non-hydrogen) atoms. The molecular formula is C13H18N2O2. The molecule has 4 heteroatoms. The summed E-state index contributed by atoms with van der Waals surface area (Å²) in [5.41, 5.74) is 2.42. The van der Waals surface area contributed by atoms with E-state index in [-0.39, 0.29) is 6.42 Å². The van der Waals surface area contributed by atoms with Crippen molar-refractivity contribution < 1.29 is 9.90 Å². The molecule has 0 atom stereocenters. The summed E-state index contributed by atoms with van der Waals surface area (Å²) in [6, 6.07) is 2.04. The monoisotopic (exact) mass is 234 g/mol. The van der Waals surface area contributed by atoms with Crippen LogP contribution >= 0.6 is 0 Å². The summed E-state index contributed by atoms with van der Waals surface area (Å²) < 4.78 is 0. The number of aryl methyl sites for hydroxylation is 1. The zero-order chi connectivity index (χ0) is 12.1. The molecule has 1 fully saturated rings. The number of carbonyl (C=O) groups is 1. The third-order valence-corrected chi connectivity index (χ3v) is 3.16. The minimum Gasteiger partial charge on any atom is -0.481 e. The summed E-state index contributed by atoms with van der Waals surface area (Å²) in [5.74, 6) is -0.725. The van der Waals surface area contributed by atoms with Crippen LogP contribution in [0, 0.1) is 0 Å². The van der Waals surface area contributed by atoms with Crippen molar-refractivity contribution in [3.63, 3.8) is 0 Å². The number of carboxylic acids is 1. The number of rotatable bonds is 5. The third kappa shape index (κ3) is 3.19. The highest BCUT2D eigenvalue weighted by molar-refractivity contribution is 5.66. The average Bonchev–Trinajstić information content (AvgIpc) is 2.82. The van der Waals surface area contributed by atoms with Gasteiger partial charge in [0.05, 0.1) is 0 Å². The van der Waals surface area contributed by atoms with Crippen molar-refractivity contribution >= 4 is 11.7 Å². The van der Waals surface area contributed by atoms with Gasteiger partial charge in [0.25, 0.3) is 0 Å². The van der Waals surface area contributed by atoms with E-state index in [1.165, 1.54) is 24.1 Å². The molecule has 0 amide bonds. The zero-order valence-electron chi connectivity index (χ0n) is 9.93. The van der Waals surface area contributed by atoms with Gasteiger partial charge in [-0.05, 0) is 37.3 Å². The molecule has 1 N–H and O–H groups in total. The molecule has 0 bridgehead atoms. The second-order valence-corrected chi connectivity index (χ2v) is 4.45. The SMILES string of the molecule is O=C(O)CCCc1cnccc1N1CCCC1. The topological polar surface area (TPSA) is 53.4 Å². The van der Waals surface area contributed by atoms with Crippen molar-refractivity contribution in [2.24, 2.45) is 0 Å². The van der Waals surface area contributed by atoms with Crippen molar-refractivity contribution in [2.75, 3.05) is 18.0 Å². The van der Waals surface area contributed by atoms with Gasteiger partial charge < -0.3 is 10.0 Å². The fraction of sp³-hybridized carbons (Fsp3) is 0.538. The van der Waals surface area contributed by atoms with Crippen LogP contribution in [0.1, 0.15) is 31.2 Å². The van der Waals surface area contributed by atoms with Gasteiger partial charge in [-0.15, -0.1) is 0 Å². The van der Waals surface area contributed by atoms with Crippen LogP contribution in [0.4, 0.5) is 5.69 Å². The Kier molecular flexibility index (Phi) is 3.96. The molecule has 1 saturated heterocycles. The maximum Gasteiger partial charge on any atom is 0.303 e. The highest BCUT2D eigenvalue weighted by Crippen LogP contribution is 2.24. The Morgan fingerprint density at radius 3 is 2.88 bits per heavy atom. The fourth-order valence-corrected chi connectivity index (χ4v) is 2.31. The number of anilines is 1. The molecule has 0 aliphatic carbocycles. The predicted molar refractivity (Wildman–Crippen MR) is 66.3 cm³/mol. The van der Waals surface area contributed by atoms with E-state index in [1.54, 1.807) is 0 Å². The molecule has 2 rings (SSSR count). The number of hydrogen-bond acceptors (Lipinski definition) is 3. The van der Waals surface area contributed by atoms with E-state index in [4.69, 9.17) is 5.11 Å². The number of carboxylic acid groups (broad SMARTS) is 1. The summed E-state index contributed by atoms with van der Waals surface area (Å²) in [7, 11) is 0. The molecule has 0 saturated carbocycles. The summed E-state index contributed by atoms with van der Waals surface area (Å²) in [6.07, 6.45) is 7.89. The molecule has 1 aromatic heterocycles. The zero-order valence-corrected chi connectivity index (χ0v) is 9.93. The summed E-state index contributed by atoms with van der Waals surface area (Å²) in [6.45, 7) is 2.21. The summed E-state index contributed by atoms with van der Waals surface area (Å²) in [4.78, 5) is 17.0. The Labute approximate surface area is 101 Å². The molecule has 1 aliphatic heterocycles. The van der Waals surface area contributed by atoms with Crippen molar-refractivity contribution in [3.8, 4) is 0 Å². The first kappa shape index (κ1) is 11.9. The quantitative estimate of drug-likeness (QED) is 0.847. The standard InChI is InChI=1S/C13H18N2O2/c16-13(17)5-3-4-11-10-14-7-6-12(11)15-8-1-2-9-15/h6-7,10H,1-5,8-9H2,(H,16,17). The minimum absolute atomic E-state index is 0.230. The van der Waals surface area contributed by atoms with E-state index < -0.39 is 5.97 Å². The number of aromatic nitrogens is 1. The highest BCUT2D eigenvalue weighted by Gasteiger charge is 2.15. The number of hydrogen-bond donors (Lipinski definition) is 1. The van der Waals surface area contributed by atoms with E-state index in [2.05, 4.69) is 9.88 Å². The van der Waals surface area contributed by atoms with E-state index in [0.717, 1.165) is 19.5 Å². The van der Waals surface area contributed by atoms with Gasteiger partial charge in [-0.1, -0.05) is 0 Å². The van der Waals surface area contributed by atoms with Crippen LogP contribution in [0.3, 0.4) is 0 Å². The van der Waals surface area contributed by atoms with Gasteiger partial charge in [-0.25, -0.2) is 0 Å². The molecule has 1 aromatic rings. The van der Waals surface area contributed by atoms with Crippen molar-refractivity contribution in [2.45, 2.75) is 32.1 Å². The molecule has 0 aromatic carbocycles.